The van der Waals surface area contributed by atoms with Crippen LogP contribution < -0.4 is 5.32 Å². The minimum absolute atomic E-state index is 0.0126. The lowest BCUT2D eigenvalue weighted by molar-refractivity contribution is -0.141. The molecule has 0 saturated carbocycles. The minimum atomic E-state index is -0.0126. The average molecular weight is 474 g/mol. The highest BCUT2D eigenvalue weighted by Gasteiger charge is 2.39. The number of carbonyl (C=O) groups is 1. The van der Waals surface area contributed by atoms with Crippen molar-refractivity contribution in [2.24, 2.45) is 5.92 Å². The van der Waals surface area contributed by atoms with Crippen molar-refractivity contribution in [1.29, 1.82) is 0 Å². The topological polar surface area (TPSA) is 79.2 Å². The largest absolute Gasteiger partial charge is 0.333 e. The van der Waals surface area contributed by atoms with E-state index in [9.17, 15) is 4.79 Å². The first-order valence-corrected chi connectivity index (χ1v) is 12.7. The van der Waals surface area contributed by atoms with Gasteiger partial charge in [0.05, 0.1) is 24.1 Å². The van der Waals surface area contributed by atoms with Crippen LogP contribution in [-0.2, 0) is 24.3 Å². The molecule has 3 aromatic rings. The van der Waals surface area contributed by atoms with E-state index in [-0.39, 0.29) is 23.8 Å². The highest BCUT2D eigenvalue weighted by Crippen LogP contribution is 2.35. The van der Waals surface area contributed by atoms with Crippen molar-refractivity contribution in [3.8, 4) is 0 Å². The smallest absolute Gasteiger partial charge is 0.227 e. The predicted octanol–water partition coefficient (Wildman–Crippen LogP) is 3.84. The van der Waals surface area contributed by atoms with E-state index in [0.717, 1.165) is 55.8 Å². The van der Waals surface area contributed by atoms with Crippen molar-refractivity contribution in [2.45, 2.75) is 58.2 Å². The van der Waals surface area contributed by atoms with Crippen molar-refractivity contribution in [3.05, 3.63) is 65.7 Å². The van der Waals surface area contributed by atoms with Gasteiger partial charge in [-0.15, -0.1) is 0 Å². The van der Waals surface area contributed by atoms with Crippen molar-refractivity contribution in [3.63, 3.8) is 0 Å². The Bertz CT molecular complexity index is 1160. The summed E-state index contributed by atoms with van der Waals surface area (Å²) in [6.07, 6.45) is 8.35. The number of rotatable bonds is 6. The Morgan fingerprint density at radius 3 is 2.83 bits per heavy atom. The van der Waals surface area contributed by atoms with Crippen LogP contribution in [-0.4, -0.2) is 61.6 Å². The summed E-state index contributed by atoms with van der Waals surface area (Å²) in [5, 5.41) is 7.64. The molecule has 8 heteroatoms. The third-order valence-corrected chi connectivity index (χ3v) is 7.31. The fourth-order valence-corrected chi connectivity index (χ4v) is 5.42. The number of piperidine rings is 1. The summed E-state index contributed by atoms with van der Waals surface area (Å²) >= 11 is 0. The number of fused-ring (bicyclic) bond motifs is 1. The van der Waals surface area contributed by atoms with Crippen LogP contribution >= 0.6 is 0 Å². The number of hydrogen-bond acceptors (Lipinski definition) is 6. The molecule has 2 aliphatic rings. The van der Waals surface area contributed by atoms with Crippen molar-refractivity contribution in [1.82, 2.24) is 29.5 Å². The van der Waals surface area contributed by atoms with Crippen LogP contribution in [0.1, 0.15) is 49.4 Å². The molecule has 0 spiro atoms. The summed E-state index contributed by atoms with van der Waals surface area (Å²) < 4.78 is 1.91. The molecule has 8 nitrogen and oxygen atoms in total. The van der Waals surface area contributed by atoms with Gasteiger partial charge in [0.2, 0.25) is 11.9 Å². The number of amides is 1. The van der Waals surface area contributed by atoms with Gasteiger partial charge in [0, 0.05) is 43.4 Å². The van der Waals surface area contributed by atoms with Crippen LogP contribution in [0.3, 0.4) is 0 Å². The number of benzene rings is 1. The van der Waals surface area contributed by atoms with Gasteiger partial charge in [0.25, 0.3) is 0 Å². The highest BCUT2D eigenvalue weighted by atomic mass is 16.2. The molecule has 35 heavy (non-hydrogen) atoms. The number of aromatic nitrogens is 4. The van der Waals surface area contributed by atoms with Gasteiger partial charge in [0.15, 0.2) is 0 Å². The summed E-state index contributed by atoms with van der Waals surface area (Å²) in [6, 6.07) is 10.6. The van der Waals surface area contributed by atoms with Crippen LogP contribution in [0.2, 0.25) is 0 Å². The molecule has 1 amide bonds. The Labute approximate surface area is 207 Å². The number of nitrogens with one attached hydrogen (secondary N) is 1. The first-order valence-electron chi connectivity index (χ1n) is 12.7. The zero-order valence-corrected chi connectivity index (χ0v) is 20.9. The Kier molecular flexibility index (Phi) is 6.81. The zero-order valence-electron chi connectivity index (χ0n) is 20.9. The molecule has 0 radical (unpaired) electrons. The monoisotopic (exact) mass is 473 g/mol. The molecule has 2 aromatic heterocycles. The van der Waals surface area contributed by atoms with Crippen LogP contribution in [0.5, 0.6) is 0 Å². The first kappa shape index (κ1) is 23.5. The Morgan fingerprint density at radius 1 is 1.20 bits per heavy atom. The van der Waals surface area contributed by atoms with E-state index in [2.05, 4.69) is 65.5 Å². The van der Waals surface area contributed by atoms with E-state index in [1.165, 1.54) is 5.56 Å². The molecule has 184 valence electrons. The fourth-order valence-electron chi connectivity index (χ4n) is 5.42. The van der Waals surface area contributed by atoms with Gasteiger partial charge in [0.1, 0.15) is 0 Å². The SMILES string of the molecule is CCCn1cc(Nc2ncc3c(n2)CN(C(=O)[C@H]2CCN(C)C[C@@H]2c2ccccc2)[C@H](C)C3)cn1. The average Bonchev–Trinajstić information content (AvgIpc) is 3.31. The molecule has 1 fully saturated rings. The Morgan fingerprint density at radius 2 is 2.03 bits per heavy atom. The summed E-state index contributed by atoms with van der Waals surface area (Å²) in [4.78, 5) is 27.7. The quantitative estimate of drug-likeness (QED) is 0.586. The molecule has 2 aliphatic heterocycles. The second-order valence-electron chi connectivity index (χ2n) is 9.98. The van der Waals surface area contributed by atoms with Gasteiger partial charge in [-0.3, -0.25) is 9.48 Å². The molecule has 0 bridgehead atoms. The van der Waals surface area contributed by atoms with Gasteiger partial charge in [-0.05, 0) is 50.9 Å². The lowest BCUT2D eigenvalue weighted by atomic mass is 9.79. The maximum Gasteiger partial charge on any atom is 0.227 e. The predicted molar refractivity (Wildman–Crippen MR) is 136 cm³/mol. The number of nitrogens with zero attached hydrogens (tertiary/aromatic N) is 6. The molecule has 1 N–H and O–H groups in total. The van der Waals surface area contributed by atoms with E-state index in [1.54, 1.807) is 6.20 Å². The van der Waals surface area contributed by atoms with E-state index in [4.69, 9.17) is 4.98 Å². The van der Waals surface area contributed by atoms with Crippen LogP contribution in [0.15, 0.2) is 48.9 Å². The highest BCUT2D eigenvalue weighted by molar-refractivity contribution is 5.81. The lowest BCUT2D eigenvalue weighted by Gasteiger charge is -2.42. The number of likely N-dealkylation sites (tertiary alicyclic amines) is 1. The van der Waals surface area contributed by atoms with Gasteiger partial charge >= 0.3 is 0 Å². The lowest BCUT2D eigenvalue weighted by Crippen LogP contribution is -2.50. The molecule has 1 saturated heterocycles. The fraction of sp³-hybridized carbons (Fsp3) is 0.481. The van der Waals surface area contributed by atoms with E-state index in [0.29, 0.717) is 12.5 Å². The molecule has 0 unspecified atom stereocenters. The molecule has 5 rings (SSSR count). The zero-order chi connectivity index (χ0) is 24.4. The number of aryl methyl sites for hydroxylation is 1. The maximum absolute atomic E-state index is 13.9. The van der Waals surface area contributed by atoms with Gasteiger partial charge in [-0.1, -0.05) is 37.3 Å². The third-order valence-electron chi connectivity index (χ3n) is 7.31. The molecule has 0 aliphatic carbocycles. The molecular formula is C27H35N7O. The molecule has 1 aromatic carbocycles. The third kappa shape index (κ3) is 5.07. The molecule has 4 heterocycles. The molecular weight excluding hydrogens is 438 g/mol. The van der Waals surface area contributed by atoms with Gasteiger partial charge < -0.3 is 15.1 Å². The van der Waals surface area contributed by atoms with Crippen molar-refractivity contribution >= 4 is 17.5 Å². The van der Waals surface area contributed by atoms with E-state index >= 15 is 0 Å². The van der Waals surface area contributed by atoms with E-state index in [1.807, 2.05) is 28.0 Å². The van der Waals surface area contributed by atoms with Gasteiger partial charge in [-0.2, -0.15) is 5.10 Å². The second kappa shape index (κ2) is 10.2. The normalized spacial score (nSPS) is 22.6. The van der Waals surface area contributed by atoms with E-state index < -0.39 is 0 Å². The first-order chi connectivity index (χ1) is 17.0. The van der Waals surface area contributed by atoms with Crippen LogP contribution in [0.4, 0.5) is 11.6 Å². The number of likely N-dealkylation sites (N-methyl/N-ethyl adjacent to an activating group) is 1. The maximum atomic E-state index is 13.9. The van der Waals surface area contributed by atoms with Crippen LogP contribution in [0.25, 0.3) is 0 Å². The second-order valence-corrected chi connectivity index (χ2v) is 9.98. The summed E-state index contributed by atoms with van der Waals surface area (Å²) in [5.41, 5.74) is 4.17. The van der Waals surface area contributed by atoms with Crippen molar-refractivity contribution < 1.29 is 4.79 Å². The number of carbonyl (C=O) groups excluding carboxylic acids is 1. The molecule has 3 atom stereocenters. The summed E-state index contributed by atoms with van der Waals surface area (Å²) in [5.74, 6) is 0.988. The van der Waals surface area contributed by atoms with Gasteiger partial charge in [-0.25, -0.2) is 9.97 Å². The van der Waals surface area contributed by atoms with Crippen molar-refractivity contribution in [2.75, 3.05) is 25.5 Å². The Hall–Kier alpha value is -3.26. The standard InChI is InChI=1S/C27H35N7O/c1-4-11-33-16-22(15-29-33)30-27-28-14-21-13-19(2)34(18-25(21)31-27)26(35)23-10-12-32(3)17-24(23)20-8-6-5-7-9-20/h5-9,14-16,19,23-24H,4,10-13,17-18H2,1-3H3,(H,28,30,31)/t19-,23+,24-/m1/s1. The summed E-state index contributed by atoms with van der Waals surface area (Å²) in [6.45, 7) is 7.52. The van der Waals surface area contributed by atoms with Crippen LogP contribution in [0, 0.1) is 5.92 Å². The Balaban J connectivity index is 1.34. The number of anilines is 2. The minimum Gasteiger partial charge on any atom is -0.333 e. The number of hydrogen-bond donors (Lipinski definition) is 1. The summed E-state index contributed by atoms with van der Waals surface area (Å²) in [7, 11) is 2.15.